The molecular weight excluding hydrogens is 155 g/mol. The van der Waals surface area contributed by atoms with Crippen molar-refractivity contribution in [2.24, 2.45) is 0 Å². The Kier molecular flexibility index (Phi) is 4.14. The molecule has 0 heterocycles. The molecule has 0 rings (SSSR count). The predicted octanol–water partition coefficient (Wildman–Crippen LogP) is 3.95. The van der Waals surface area contributed by atoms with Gasteiger partial charge in [-0.05, 0) is 37.7 Å². The first-order valence-corrected chi connectivity index (χ1v) is 5.44. The first-order chi connectivity index (χ1) is 5.06. The highest BCUT2D eigenvalue weighted by molar-refractivity contribution is 7.74. The average molecular weight is 170 g/mol. The molecular formula is C9H15OP. The molecule has 0 radical (unpaired) electrons. The van der Waals surface area contributed by atoms with Crippen molar-refractivity contribution in [1.29, 1.82) is 0 Å². The molecule has 2 heteroatoms. The summed E-state index contributed by atoms with van der Waals surface area (Å²) in [6.45, 7) is 9.21. The van der Waals surface area contributed by atoms with E-state index in [1.165, 1.54) is 0 Å². The summed E-state index contributed by atoms with van der Waals surface area (Å²) in [6, 6.07) is 0. The Morgan fingerprint density at radius 1 is 1.27 bits per heavy atom. The van der Waals surface area contributed by atoms with E-state index in [4.69, 9.17) is 0 Å². The van der Waals surface area contributed by atoms with Crippen LogP contribution in [0.1, 0.15) is 20.8 Å². The Morgan fingerprint density at radius 3 is 1.82 bits per heavy atom. The van der Waals surface area contributed by atoms with Crippen LogP contribution >= 0.6 is 7.14 Å². The Balaban J connectivity index is 4.83. The highest BCUT2D eigenvalue weighted by Gasteiger charge is 2.13. The lowest BCUT2D eigenvalue weighted by Crippen LogP contribution is -1.72. The van der Waals surface area contributed by atoms with Crippen molar-refractivity contribution >= 4 is 7.14 Å². The minimum absolute atomic E-state index is 0.730. The standard InChI is InChI=1S/C9H15OP/c1-5-7-11(10,8-6-2)9(3)4/h5-8H,3H2,1-2,4H3/b7-5+,8-6+. The van der Waals surface area contributed by atoms with Gasteiger partial charge in [-0.1, -0.05) is 18.7 Å². The second-order valence-corrected chi connectivity index (χ2v) is 5.19. The zero-order valence-corrected chi connectivity index (χ0v) is 8.27. The van der Waals surface area contributed by atoms with Gasteiger partial charge >= 0.3 is 0 Å². The molecule has 0 aromatic heterocycles. The minimum atomic E-state index is -2.35. The van der Waals surface area contributed by atoms with Crippen LogP contribution in [0.4, 0.5) is 0 Å². The van der Waals surface area contributed by atoms with Crippen molar-refractivity contribution in [3.05, 3.63) is 35.7 Å². The monoisotopic (exact) mass is 170 g/mol. The van der Waals surface area contributed by atoms with Crippen molar-refractivity contribution < 1.29 is 4.57 Å². The summed E-state index contributed by atoms with van der Waals surface area (Å²) in [5.74, 6) is 3.44. The van der Waals surface area contributed by atoms with Crippen LogP contribution < -0.4 is 0 Å². The quantitative estimate of drug-likeness (QED) is 0.586. The van der Waals surface area contributed by atoms with Gasteiger partial charge in [-0.25, -0.2) is 0 Å². The van der Waals surface area contributed by atoms with E-state index in [9.17, 15) is 4.57 Å². The third-order valence-corrected chi connectivity index (χ3v) is 4.01. The zero-order chi connectivity index (χ0) is 8.91. The molecule has 0 aliphatic heterocycles. The molecule has 0 saturated heterocycles. The van der Waals surface area contributed by atoms with E-state index in [0.717, 1.165) is 5.31 Å². The van der Waals surface area contributed by atoms with Crippen LogP contribution in [0.3, 0.4) is 0 Å². The topological polar surface area (TPSA) is 17.1 Å². The maximum Gasteiger partial charge on any atom is 0.151 e. The van der Waals surface area contributed by atoms with Crippen LogP contribution in [-0.2, 0) is 4.57 Å². The van der Waals surface area contributed by atoms with Gasteiger partial charge in [-0.3, -0.25) is 0 Å². The summed E-state index contributed by atoms with van der Waals surface area (Å²) in [6.07, 6.45) is 3.60. The van der Waals surface area contributed by atoms with Gasteiger partial charge in [0.15, 0.2) is 7.14 Å². The Morgan fingerprint density at radius 2 is 1.64 bits per heavy atom. The average Bonchev–Trinajstić information content (AvgIpc) is 1.88. The molecule has 0 aliphatic rings. The van der Waals surface area contributed by atoms with E-state index in [2.05, 4.69) is 6.58 Å². The van der Waals surface area contributed by atoms with E-state index in [1.54, 1.807) is 30.7 Å². The van der Waals surface area contributed by atoms with Gasteiger partial charge < -0.3 is 4.57 Å². The van der Waals surface area contributed by atoms with Gasteiger partial charge in [0.2, 0.25) is 0 Å². The summed E-state index contributed by atoms with van der Waals surface area (Å²) in [4.78, 5) is 0. The maximum atomic E-state index is 11.8. The summed E-state index contributed by atoms with van der Waals surface area (Å²) >= 11 is 0. The summed E-state index contributed by atoms with van der Waals surface area (Å²) in [5, 5.41) is 0.730. The van der Waals surface area contributed by atoms with Crippen molar-refractivity contribution in [1.82, 2.24) is 0 Å². The summed E-state index contributed by atoms with van der Waals surface area (Å²) in [5.41, 5.74) is 0. The van der Waals surface area contributed by atoms with Crippen molar-refractivity contribution in [3.8, 4) is 0 Å². The molecule has 0 N–H and O–H groups in total. The molecule has 0 spiro atoms. The van der Waals surface area contributed by atoms with Crippen molar-refractivity contribution in [2.75, 3.05) is 0 Å². The van der Waals surface area contributed by atoms with Crippen LogP contribution in [0, 0.1) is 0 Å². The van der Waals surface area contributed by atoms with Gasteiger partial charge in [-0.15, -0.1) is 0 Å². The molecule has 1 nitrogen and oxygen atoms in total. The van der Waals surface area contributed by atoms with Crippen LogP contribution in [0.2, 0.25) is 0 Å². The van der Waals surface area contributed by atoms with Crippen LogP contribution in [-0.4, -0.2) is 0 Å². The molecule has 62 valence electrons. The van der Waals surface area contributed by atoms with Crippen LogP contribution in [0.5, 0.6) is 0 Å². The van der Waals surface area contributed by atoms with Gasteiger partial charge in [0.05, 0.1) is 0 Å². The maximum absolute atomic E-state index is 11.8. The smallest absolute Gasteiger partial charge is 0.151 e. The molecule has 0 atom stereocenters. The molecule has 0 unspecified atom stereocenters. The molecule has 0 amide bonds. The fourth-order valence-electron chi connectivity index (χ4n) is 0.747. The third kappa shape index (κ3) is 2.90. The highest BCUT2D eigenvalue weighted by atomic mass is 31.2. The Bertz CT molecular complexity index is 220. The summed E-state index contributed by atoms with van der Waals surface area (Å²) < 4.78 is 11.8. The lowest BCUT2D eigenvalue weighted by molar-refractivity contribution is 0.590. The SMILES string of the molecule is C=C(C)P(=O)(/C=C/C)/C=C/C. The lowest BCUT2D eigenvalue weighted by Gasteiger charge is -2.07. The fraction of sp³-hybridized carbons (Fsp3) is 0.333. The van der Waals surface area contributed by atoms with Crippen LogP contribution in [0.15, 0.2) is 35.7 Å². The highest BCUT2D eigenvalue weighted by Crippen LogP contribution is 2.55. The first-order valence-electron chi connectivity index (χ1n) is 3.60. The van der Waals surface area contributed by atoms with Gasteiger partial charge in [0.25, 0.3) is 0 Å². The largest absolute Gasteiger partial charge is 0.310 e. The van der Waals surface area contributed by atoms with E-state index >= 15 is 0 Å². The van der Waals surface area contributed by atoms with Crippen molar-refractivity contribution in [2.45, 2.75) is 20.8 Å². The van der Waals surface area contributed by atoms with Gasteiger partial charge in [-0.2, -0.15) is 0 Å². The van der Waals surface area contributed by atoms with Gasteiger partial charge in [0, 0.05) is 0 Å². The molecule has 0 bridgehead atoms. The zero-order valence-electron chi connectivity index (χ0n) is 7.37. The molecule has 0 fully saturated rings. The minimum Gasteiger partial charge on any atom is -0.310 e. The van der Waals surface area contributed by atoms with Gasteiger partial charge in [0.1, 0.15) is 0 Å². The van der Waals surface area contributed by atoms with E-state index in [-0.39, 0.29) is 0 Å². The predicted molar refractivity (Wildman–Crippen MR) is 52.0 cm³/mol. The number of allylic oxidation sites excluding steroid dienone is 3. The second-order valence-electron chi connectivity index (χ2n) is 2.41. The molecule has 0 aliphatic carbocycles. The Hall–Kier alpha value is -0.550. The lowest BCUT2D eigenvalue weighted by atomic mass is 10.7. The van der Waals surface area contributed by atoms with E-state index < -0.39 is 7.14 Å². The number of rotatable bonds is 3. The third-order valence-electron chi connectivity index (χ3n) is 1.34. The number of hydrogen-bond donors (Lipinski definition) is 0. The van der Waals surface area contributed by atoms with E-state index in [1.807, 2.05) is 13.8 Å². The number of hydrogen-bond acceptors (Lipinski definition) is 1. The Labute approximate surface area is 68.9 Å². The fourth-order valence-corrected chi connectivity index (χ4v) is 2.24. The molecule has 0 aromatic carbocycles. The van der Waals surface area contributed by atoms with Crippen LogP contribution in [0.25, 0.3) is 0 Å². The normalized spacial score (nSPS) is 13.0. The van der Waals surface area contributed by atoms with E-state index in [0.29, 0.717) is 0 Å². The molecule has 11 heavy (non-hydrogen) atoms. The molecule has 0 saturated carbocycles. The second kappa shape index (κ2) is 4.35. The first kappa shape index (κ1) is 10.4. The van der Waals surface area contributed by atoms with Crippen molar-refractivity contribution in [3.63, 3.8) is 0 Å². The summed E-state index contributed by atoms with van der Waals surface area (Å²) in [7, 11) is -2.35. The molecule has 0 aromatic rings.